The number of aliphatic hydroxyl groups excluding tert-OH is 2. The molecule has 0 aliphatic heterocycles. The van der Waals surface area contributed by atoms with E-state index in [4.69, 9.17) is 19.7 Å². The Kier molecular flexibility index (Phi) is 8.25. The summed E-state index contributed by atoms with van der Waals surface area (Å²) < 4.78 is 14.7. The molecule has 0 radical (unpaired) electrons. The largest absolute Gasteiger partial charge is 0.394 e. The van der Waals surface area contributed by atoms with E-state index in [0.29, 0.717) is 0 Å². The molecule has 4 unspecified atom stereocenters. The molecule has 2 N–H and O–H groups in total. The second-order valence-corrected chi connectivity index (χ2v) is 4.88. The van der Waals surface area contributed by atoms with Crippen molar-refractivity contribution in [3.05, 3.63) is 12.2 Å². The standard InChI is InChI=1S/C7H16O5.C7H10/c1-6(10-4-3-8)12-7(2)11-5-9;1-2-7-4-3-6(1)5-7/h6-9H,3-5H2,1-2H3;1-2,6-7H,3-5H2. The number of rotatable bonds is 7. The van der Waals surface area contributed by atoms with E-state index in [1.807, 2.05) is 0 Å². The first-order chi connectivity index (χ1) is 9.15. The lowest BCUT2D eigenvalue weighted by Gasteiger charge is -2.18. The Morgan fingerprint density at radius 2 is 1.63 bits per heavy atom. The minimum atomic E-state index is -0.510. The van der Waals surface area contributed by atoms with Crippen molar-refractivity contribution < 1.29 is 24.4 Å². The average Bonchev–Trinajstić information content (AvgIpc) is 3.02. The molecule has 0 amide bonds. The second kappa shape index (κ2) is 9.44. The van der Waals surface area contributed by atoms with Gasteiger partial charge in [-0.1, -0.05) is 12.2 Å². The number of hydrogen-bond acceptors (Lipinski definition) is 5. The van der Waals surface area contributed by atoms with Gasteiger partial charge >= 0.3 is 0 Å². The minimum Gasteiger partial charge on any atom is -0.394 e. The van der Waals surface area contributed by atoms with Crippen LogP contribution >= 0.6 is 0 Å². The number of allylic oxidation sites excluding steroid dienone is 2. The molecular weight excluding hydrogens is 248 g/mol. The van der Waals surface area contributed by atoms with Gasteiger partial charge in [0, 0.05) is 0 Å². The third-order valence-electron chi connectivity index (χ3n) is 3.31. The van der Waals surface area contributed by atoms with E-state index >= 15 is 0 Å². The summed E-state index contributed by atoms with van der Waals surface area (Å²) in [5, 5.41) is 16.7. The van der Waals surface area contributed by atoms with Crippen LogP contribution in [0, 0.1) is 11.8 Å². The fourth-order valence-electron chi connectivity index (χ4n) is 2.39. The van der Waals surface area contributed by atoms with E-state index in [1.54, 1.807) is 13.8 Å². The molecule has 0 aromatic heterocycles. The third kappa shape index (κ3) is 7.03. The highest BCUT2D eigenvalue weighted by molar-refractivity contribution is 5.06. The van der Waals surface area contributed by atoms with Crippen molar-refractivity contribution in [1.29, 1.82) is 0 Å². The Morgan fingerprint density at radius 1 is 1.05 bits per heavy atom. The number of ether oxygens (including phenoxy) is 3. The second-order valence-electron chi connectivity index (χ2n) is 4.88. The molecule has 19 heavy (non-hydrogen) atoms. The zero-order valence-electron chi connectivity index (χ0n) is 11.8. The molecule has 0 aromatic carbocycles. The van der Waals surface area contributed by atoms with Crippen molar-refractivity contribution in [2.45, 2.75) is 45.7 Å². The molecule has 2 aliphatic rings. The Morgan fingerprint density at radius 3 is 2.00 bits per heavy atom. The maximum atomic E-state index is 8.40. The van der Waals surface area contributed by atoms with E-state index in [0.717, 1.165) is 11.8 Å². The van der Waals surface area contributed by atoms with Crippen LogP contribution in [0.15, 0.2) is 12.2 Å². The molecule has 0 saturated heterocycles. The predicted octanol–water partition coefficient (Wildman–Crippen LogP) is 1.64. The van der Waals surface area contributed by atoms with Gasteiger partial charge in [0.2, 0.25) is 0 Å². The molecule has 2 rings (SSSR count). The zero-order chi connectivity index (χ0) is 14.1. The maximum Gasteiger partial charge on any atom is 0.160 e. The summed E-state index contributed by atoms with van der Waals surface area (Å²) in [6.07, 6.45) is 8.23. The van der Waals surface area contributed by atoms with Gasteiger partial charge in [-0.3, -0.25) is 0 Å². The number of hydrogen-bond donors (Lipinski definition) is 2. The van der Waals surface area contributed by atoms with Crippen LogP contribution in [0.25, 0.3) is 0 Å². The highest BCUT2D eigenvalue weighted by atomic mass is 16.8. The summed E-state index contributed by atoms with van der Waals surface area (Å²) in [6, 6.07) is 0. The summed E-state index contributed by atoms with van der Waals surface area (Å²) >= 11 is 0. The van der Waals surface area contributed by atoms with Gasteiger partial charge in [0.15, 0.2) is 12.6 Å². The normalized spacial score (nSPS) is 26.9. The lowest BCUT2D eigenvalue weighted by atomic mass is 10.1. The van der Waals surface area contributed by atoms with Gasteiger partial charge in [-0.25, -0.2) is 0 Å². The third-order valence-corrected chi connectivity index (χ3v) is 3.31. The Bertz CT molecular complexity index is 244. The topological polar surface area (TPSA) is 68.2 Å². The highest BCUT2D eigenvalue weighted by Gasteiger charge is 2.25. The first-order valence-electron chi connectivity index (χ1n) is 6.94. The first kappa shape index (κ1) is 16.6. The molecule has 2 bridgehead atoms. The molecule has 112 valence electrons. The Labute approximate surface area is 115 Å². The minimum absolute atomic E-state index is 0.0388. The summed E-state index contributed by atoms with van der Waals surface area (Å²) in [4.78, 5) is 0. The van der Waals surface area contributed by atoms with Crippen LogP contribution in [0.5, 0.6) is 0 Å². The number of aliphatic hydroxyl groups is 2. The Hall–Kier alpha value is -0.460. The lowest BCUT2D eigenvalue weighted by Crippen LogP contribution is -2.23. The van der Waals surface area contributed by atoms with Crippen LogP contribution in [0.4, 0.5) is 0 Å². The first-order valence-corrected chi connectivity index (χ1v) is 6.94. The molecule has 0 aromatic rings. The molecule has 0 spiro atoms. The van der Waals surface area contributed by atoms with E-state index < -0.39 is 12.6 Å². The molecular formula is C14H26O5. The van der Waals surface area contributed by atoms with Gasteiger partial charge in [0.1, 0.15) is 6.79 Å². The number of fused-ring (bicyclic) bond motifs is 2. The van der Waals surface area contributed by atoms with Gasteiger partial charge in [0.25, 0.3) is 0 Å². The zero-order valence-corrected chi connectivity index (χ0v) is 11.8. The smallest absolute Gasteiger partial charge is 0.160 e. The summed E-state index contributed by atoms with van der Waals surface area (Å²) in [5.41, 5.74) is 0. The molecule has 1 fully saturated rings. The van der Waals surface area contributed by atoms with Crippen LogP contribution in [-0.2, 0) is 14.2 Å². The predicted molar refractivity (Wildman–Crippen MR) is 71.2 cm³/mol. The summed E-state index contributed by atoms with van der Waals surface area (Å²) in [5.74, 6) is 1.98. The van der Waals surface area contributed by atoms with E-state index in [1.165, 1.54) is 19.3 Å². The van der Waals surface area contributed by atoms with E-state index in [9.17, 15) is 0 Å². The van der Waals surface area contributed by atoms with Gasteiger partial charge in [0.05, 0.1) is 13.2 Å². The SMILES string of the molecule is C1=CC2CCC1C2.CC(OCO)OC(C)OCCO. The van der Waals surface area contributed by atoms with Crippen LogP contribution in [0.3, 0.4) is 0 Å². The van der Waals surface area contributed by atoms with Gasteiger partial charge in [-0.15, -0.1) is 0 Å². The van der Waals surface area contributed by atoms with Crippen molar-refractivity contribution in [2.24, 2.45) is 11.8 Å². The van der Waals surface area contributed by atoms with Crippen LogP contribution < -0.4 is 0 Å². The van der Waals surface area contributed by atoms with Gasteiger partial charge in [-0.2, -0.15) is 0 Å². The fourth-order valence-corrected chi connectivity index (χ4v) is 2.39. The fraction of sp³-hybridized carbons (Fsp3) is 0.857. The van der Waals surface area contributed by atoms with Crippen molar-refractivity contribution in [2.75, 3.05) is 20.0 Å². The van der Waals surface area contributed by atoms with Gasteiger partial charge in [-0.05, 0) is 44.9 Å². The molecule has 5 nitrogen and oxygen atoms in total. The highest BCUT2D eigenvalue weighted by Crippen LogP contribution is 2.38. The average molecular weight is 274 g/mol. The lowest BCUT2D eigenvalue weighted by molar-refractivity contribution is -0.249. The maximum absolute atomic E-state index is 8.40. The van der Waals surface area contributed by atoms with Crippen molar-refractivity contribution in [3.8, 4) is 0 Å². The van der Waals surface area contributed by atoms with Crippen LogP contribution in [0.2, 0.25) is 0 Å². The monoisotopic (exact) mass is 274 g/mol. The molecule has 5 heteroatoms. The molecule has 0 heterocycles. The van der Waals surface area contributed by atoms with Crippen LogP contribution in [-0.4, -0.2) is 42.8 Å². The Balaban J connectivity index is 0.000000213. The van der Waals surface area contributed by atoms with Gasteiger partial charge < -0.3 is 24.4 Å². The molecule has 4 atom stereocenters. The van der Waals surface area contributed by atoms with Crippen molar-refractivity contribution in [3.63, 3.8) is 0 Å². The van der Waals surface area contributed by atoms with Crippen molar-refractivity contribution >= 4 is 0 Å². The molecule has 2 aliphatic carbocycles. The van der Waals surface area contributed by atoms with Crippen molar-refractivity contribution in [1.82, 2.24) is 0 Å². The van der Waals surface area contributed by atoms with E-state index in [2.05, 4.69) is 16.9 Å². The summed E-state index contributed by atoms with van der Waals surface area (Å²) in [6.45, 7) is 3.14. The molecule has 1 saturated carbocycles. The van der Waals surface area contributed by atoms with E-state index in [-0.39, 0.29) is 20.0 Å². The quantitative estimate of drug-likeness (QED) is 0.545. The van der Waals surface area contributed by atoms with Crippen LogP contribution in [0.1, 0.15) is 33.1 Å². The summed E-state index contributed by atoms with van der Waals surface area (Å²) in [7, 11) is 0.